The van der Waals surface area contributed by atoms with Crippen LogP contribution >= 0.6 is 12.4 Å². The molecule has 0 saturated heterocycles. The van der Waals surface area contributed by atoms with E-state index in [-0.39, 0.29) is 24.4 Å². The lowest BCUT2D eigenvalue weighted by atomic mass is 10.00. The summed E-state index contributed by atoms with van der Waals surface area (Å²) in [5.41, 5.74) is 13.0. The minimum atomic E-state index is -0.332. The Bertz CT molecular complexity index is 372. The first-order chi connectivity index (χ1) is 8.19. The van der Waals surface area contributed by atoms with Crippen molar-refractivity contribution < 1.29 is 9.53 Å². The van der Waals surface area contributed by atoms with Gasteiger partial charge in [-0.05, 0) is 37.1 Å². The molecular formula is C13H21ClN2O2. The van der Waals surface area contributed by atoms with Gasteiger partial charge in [0.2, 0.25) is 0 Å². The Balaban J connectivity index is 0.00000289. The normalized spacial score (nSPS) is 11.5. The summed E-state index contributed by atoms with van der Waals surface area (Å²) in [6.07, 6.45) is 2.85. The first kappa shape index (κ1) is 16.9. The molecule has 1 aromatic carbocycles. The maximum atomic E-state index is 11.4. The van der Waals surface area contributed by atoms with Crippen molar-refractivity contribution in [2.75, 3.05) is 13.7 Å². The molecule has 1 atom stereocenters. The highest BCUT2D eigenvalue weighted by Crippen LogP contribution is 2.18. The number of carbonyl (C=O) groups is 1. The number of nitrogens with two attached hydrogens (primary N) is 2. The van der Waals surface area contributed by atoms with E-state index < -0.39 is 0 Å². The molecule has 5 heteroatoms. The van der Waals surface area contributed by atoms with Crippen molar-refractivity contribution in [2.45, 2.75) is 25.3 Å². The van der Waals surface area contributed by atoms with Gasteiger partial charge in [-0.2, -0.15) is 0 Å². The van der Waals surface area contributed by atoms with Gasteiger partial charge in [0.05, 0.1) is 12.7 Å². The van der Waals surface area contributed by atoms with Crippen LogP contribution in [-0.4, -0.2) is 19.6 Å². The number of unbranched alkanes of at least 4 members (excludes halogenated alkanes) is 1. The molecule has 0 saturated carbocycles. The Morgan fingerprint density at radius 2 is 2.11 bits per heavy atom. The summed E-state index contributed by atoms with van der Waals surface area (Å²) in [7, 11) is 1.37. The van der Waals surface area contributed by atoms with E-state index in [1.165, 1.54) is 7.11 Å². The van der Waals surface area contributed by atoms with Crippen LogP contribution < -0.4 is 11.5 Å². The molecule has 0 fully saturated rings. The third-order valence-corrected chi connectivity index (χ3v) is 2.71. The Labute approximate surface area is 114 Å². The van der Waals surface area contributed by atoms with Crippen LogP contribution in [-0.2, 0) is 4.74 Å². The molecule has 0 amide bonds. The smallest absolute Gasteiger partial charge is 0.337 e. The van der Waals surface area contributed by atoms with Crippen LogP contribution in [0, 0.1) is 0 Å². The molecule has 0 unspecified atom stereocenters. The fourth-order valence-corrected chi connectivity index (χ4v) is 1.69. The molecule has 1 aromatic rings. The SMILES string of the molecule is COC(=O)c1cccc([C@@H](N)CCCCN)c1.Cl. The highest BCUT2D eigenvalue weighted by Gasteiger charge is 2.10. The number of benzene rings is 1. The molecule has 0 heterocycles. The molecular weight excluding hydrogens is 252 g/mol. The number of halogens is 1. The second kappa shape index (κ2) is 8.91. The number of methoxy groups -OCH3 is 1. The Morgan fingerprint density at radius 3 is 2.72 bits per heavy atom. The van der Waals surface area contributed by atoms with Gasteiger partial charge in [0, 0.05) is 6.04 Å². The Morgan fingerprint density at radius 1 is 1.39 bits per heavy atom. The van der Waals surface area contributed by atoms with Gasteiger partial charge in [0.15, 0.2) is 0 Å². The van der Waals surface area contributed by atoms with Crippen molar-refractivity contribution in [3.63, 3.8) is 0 Å². The average molecular weight is 273 g/mol. The zero-order valence-corrected chi connectivity index (χ0v) is 11.4. The number of rotatable bonds is 6. The van der Waals surface area contributed by atoms with Crippen LogP contribution in [0.3, 0.4) is 0 Å². The van der Waals surface area contributed by atoms with Crippen LogP contribution in [0.5, 0.6) is 0 Å². The summed E-state index contributed by atoms with van der Waals surface area (Å²) in [5, 5.41) is 0. The van der Waals surface area contributed by atoms with Gasteiger partial charge in [0.1, 0.15) is 0 Å². The number of hydrogen-bond donors (Lipinski definition) is 2. The van der Waals surface area contributed by atoms with Gasteiger partial charge in [0.25, 0.3) is 0 Å². The zero-order chi connectivity index (χ0) is 12.7. The second-order valence-corrected chi connectivity index (χ2v) is 4.01. The quantitative estimate of drug-likeness (QED) is 0.613. The minimum Gasteiger partial charge on any atom is -0.465 e. The molecule has 0 spiro atoms. The van der Waals surface area contributed by atoms with Crippen LogP contribution in [0.1, 0.15) is 41.2 Å². The second-order valence-electron chi connectivity index (χ2n) is 4.01. The van der Waals surface area contributed by atoms with E-state index in [4.69, 9.17) is 11.5 Å². The van der Waals surface area contributed by atoms with Crippen LogP contribution in [0.15, 0.2) is 24.3 Å². The van der Waals surface area contributed by atoms with E-state index in [1.54, 1.807) is 12.1 Å². The molecule has 0 aliphatic carbocycles. The Kier molecular flexibility index (Phi) is 8.37. The van der Waals surface area contributed by atoms with Crippen LogP contribution in [0.4, 0.5) is 0 Å². The lowest BCUT2D eigenvalue weighted by molar-refractivity contribution is 0.0600. The van der Waals surface area contributed by atoms with Crippen molar-refractivity contribution in [1.29, 1.82) is 0 Å². The van der Waals surface area contributed by atoms with Gasteiger partial charge in [-0.15, -0.1) is 12.4 Å². The lowest BCUT2D eigenvalue weighted by Crippen LogP contribution is -2.12. The molecule has 4 N–H and O–H groups in total. The van der Waals surface area contributed by atoms with Crippen LogP contribution in [0.25, 0.3) is 0 Å². The van der Waals surface area contributed by atoms with E-state index >= 15 is 0 Å². The number of hydrogen-bond acceptors (Lipinski definition) is 4. The molecule has 18 heavy (non-hydrogen) atoms. The van der Waals surface area contributed by atoms with E-state index in [9.17, 15) is 4.79 Å². The highest BCUT2D eigenvalue weighted by molar-refractivity contribution is 5.89. The predicted molar refractivity (Wildman–Crippen MR) is 74.9 cm³/mol. The monoisotopic (exact) mass is 272 g/mol. The van der Waals surface area contributed by atoms with E-state index in [2.05, 4.69) is 4.74 Å². The molecule has 0 bridgehead atoms. The maximum absolute atomic E-state index is 11.4. The van der Waals surface area contributed by atoms with Gasteiger partial charge in [-0.3, -0.25) is 0 Å². The highest BCUT2D eigenvalue weighted by atomic mass is 35.5. The topological polar surface area (TPSA) is 78.3 Å². The molecule has 4 nitrogen and oxygen atoms in total. The Hall–Kier alpha value is -1.10. The largest absolute Gasteiger partial charge is 0.465 e. The predicted octanol–water partition coefficient (Wildman–Crippen LogP) is 2.02. The number of carbonyl (C=O) groups excluding carboxylic acids is 1. The van der Waals surface area contributed by atoms with Crippen molar-refractivity contribution in [3.05, 3.63) is 35.4 Å². The van der Waals surface area contributed by atoms with Gasteiger partial charge < -0.3 is 16.2 Å². The molecule has 0 aromatic heterocycles. The molecule has 0 aliphatic rings. The van der Waals surface area contributed by atoms with E-state index in [0.717, 1.165) is 24.8 Å². The van der Waals surface area contributed by atoms with Gasteiger partial charge in [-0.1, -0.05) is 18.6 Å². The fourth-order valence-electron chi connectivity index (χ4n) is 1.69. The third kappa shape index (κ3) is 5.04. The minimum absolute atomic E-state index is 0. The average Bonchev–Trinajstić information content (AvgIpc) is 2.38. The van der Waals surface area contributed by atoms with E-state index in [1.807, 2.05) is 12.1 Å². The van der Waals surface area contributed by atoms with Crippen molar-refractivity contribution >= 4 is 18.4 Å². The number of esters is 1. The van der Waals surface area contributed by atoms with E-state index in [0.29, 0.717) is 12.1 Å². The summed E-state index contributed by atoms with van der Waals surface area (Å²) < 4.78 is 4.67. The maximum Gasteiger partial charge on any atom is 0.337 e. The third-order valence-electron chi connectivity index (χ3n) is 2.71. The molecule has 102 valence electrons. The standard InChI is InChI=1S/C13H20N2O2.ClH/c1-17-13(16)11-6-4-5-10(9-11)12(15)7-2-3-8-14;/h4-6,9,12H,2-3,7-8,14-15H2,1H3;1H/t12-;/m0./s1. The fraction of sp³-hybridized carbons (Fsp3) is 0.462. The van der Waals surface area contributed by atoms with Crippen molar-refractivity contribution in [2.24, 2.45) is 11.5 Å². The summed E-state index contributed by atoms with van der Waals surface area (Å²) in [6.45, 7) is 0.689. The molecule has 1 rings (SSSR count). The summed E-state index contributed by atoms with van der Waals surface area (Å²) >= 11 is 0. The van der Waals surface area contributed by atoms with Crippen molar-refractivity contribution in [1.82, 2.24) is 0 Å². The van der Waals surface area contributed by atoms with Crippen LogP contribution in [0.2, 0.25) is 0 Å². The molecule has 0 aliphatic heterocycles. The van der Waals surface area contributed by atoms with Crippen molar-refractivity contribution in [3.8, 4) is 0 Å². The first-order valence-corrected chi connectivity index (χ1v) is 5.83. The van der Waals surface area contributed by atoms with Gasteiger partial charge in [-0.25, -0.2) is 4.79 Å². The summed E-state index contributed by atoms with van der Waals surface area (Å²) in [4.78, 5) is 11.4. The summed E-state index contributed by atoms with van der Waals surface area (Å²) in [6, 6.07) is 7.22. The summed E-state index contributed by atoms with van der Waals surface area (Å²) in [5.74, 6) is -0.332. The zero-order valence-electron chi connectivity index (χ0n) is 10.6. The lowest BCUT2D eigenvalue weighted by Gasteiger charge is -2.12. The first-order valence-electron chi connectivity index (χ1n) is 5.83. The molecule has 0 radical (unpaired) electrons. The number of ether oxygens (including phenoxy) is 1. The van der Waals surface area contributed by atoms with Gasteiger partial charge >= 0.3 is 5.97 Å².